The lowest BCUT2D eigenvalue weighted by Crippen LogP contribution is -2.39. The molecule has 2 aromatic carbocycles. The molecule has 0 N–H and O–H groups in total. The molecule has 0 saturated heterocycles. The van der Waals surface area contributed by atoms with E-state index in [4.69, 9.17) is 34.8 Å². The molecular formula is C25H21BrCl3F6NO2. The molecule has 0 spiro atoms. The second-order valence-corrected chi connectivity index (χ2v) is 10.8. The number of carbonyl (C=O) groups excluding carboxylic acids is 2. The van der Waals surface area contributed by atoms with Gasteiger partial charge in [0.15, 0.2) is 5.78 Å². The first-order chi connectivity index (χ1) is 17.3. The number of hydrogen-bond acceptors (Lipinski definition) is 2. The highest BCUT2D eigenvalue weighted by Gasteiger charge is 2.36. The first-order valence-corrected chi connectivity index (χ1v) is 12.8. The van der Waals surface area contributed by atoms with Crippen LogP contribution in [-0.4, -0.2) is 42.3 Å². The van der Waals surface area contributed by atoms with E-state index in [1.165, 1.54) is 25.1 Å². The van der Waals surface area contributed by atoms with Gasteiger partial charge in [0.2, 0.25) is 5.91 Å². The molecule has 38 heavy (non-hydrogen) atoms. The zero-order valence-corrected chi connectivity index (χ0v) is 23.9. The van der Waals surface area contributed by atoms with Crippen LogP contribution in [0.5, 0.6) is 0 Å². The van der Waals surface area contributed by atoms with Crippen molar-refractivity contribution in [3.63, 3.8) is 0 Å². The van der Waals surface area contributed by atoms with Crippen LogP contribution < -0.4 is 0 Å². The topological polar surface area (TPSA) is 37.4 Å². The Morgan fingerprint density at radius 1 is 1.05 bits per heavy atom. The third kappa shape index (κ3) is 8.63. The van der Waals surface area contributed by atoms with E-state index in [9.17, 15) is 31.5 Å². The number of carbonyl (C=O) groups is 2. The number of benzene rings is 2. The molecule has 0 radical (unpaired) electrons. The zero-order chi connectivity index (χ0) is 29.2. The zero-order valence-electron chi connectivity index (χ0n) is 20.1. The minimum atomic E-state index is -4.59. The number of alkyl halides is 5. The first-order valence-electron chi connectivity index (χ1n) is 10.9. The van der Waals surface area contributed by atoms with Gasteiger partial charge in [0.25, 0.3) is 5.92 Å². The van der Waals surface area contributed by atoms with Crippen molar-refractivity contribution in [1.82, 2.24) is 4.90 Å². The van der Waals surface area contributed by atoms with Crippen LogP contribution in [0.3, 0.4) is 0 Å². The number of Topliss-reactive ketones (excluding diaryl/α,β-unsaturated/α-hetero) is 1. The van der Waals surface area contributed by atoms with Crippen molar-refractivity contribution in [2.24, 2.45) is 5.92 Å². The van der Waals surface area contributed by atoms with E-state index < -0.39 is 54.4 Å². The van der Waals surface area contributed by atoms with Crippen molar-refractivity contribution in [3.05, 3.63) is 72.6 Å². The van der Waals surface area contributed by atoms with Gasteiger partial charge in [-0.2, -0.15) is 13.2 Å². The molecule has 0 aliphatic rings. The normalized spacial score (nSPS) is 14.3. The minimum absolute atomic E-state index is 0.0353. The summed E-state index contributed by atoms with van der Waals surface area (Å²) in [5.74, 6) is -8.73. The average molecular weight is 668 g/mol. The van der Waals surface area contributed by atoms with Gasteiger partial charge in [0, 0.05) is 41.9 Å². The lowest BCUT2D eigenvalue weighted by Gasteiger charge is -2.22. The maximum absolute atomic E-state index is 15.1. The summed E-state index contributed by atoms with van der Waals surface area (Å²) < 4.78 is 81.7. The first kappa shape index (κ1) is 32.5. The van der Waals surface area contributed by atoms with Crippen molar-refractivity contribution < 1.29 is 35.9 Å². The predicted molar refractivity (Wildman–Crippen MR) is 140 cm³/mol. The fourth-order valence-corrected chi connectivity index (χ4v) is 4.83. The Bertz CT molecular complexity index is 1220. The van der Waals surface area contributed by atoms with E-state index in [1.807, 2.05) is 0 Å². The minimum Gasteiger partial charge on any atom is -0.336 e. The monoisotopic (exact) mass is 665 g/mol. The van der Waals surface area contributed by atoms with Crippen LogP contribution in [0, 0.1) is 5.92 Å². The summed E-state index contributed by atoms with van der Waals surface area (Å²) in [6.45, 7) is 0.461. The number of ketones is 1. The number of halogens is 10. The standard InChI is InChI=1S/C25H21BrCl3F6NO2/c1-12(23(38)36(3)11-25(33,34)35)6-21(37)15-5-4-13(7-17(15)26)20(30)10-16(24(2,31)32)14-8-18(27)22(29)19(28)9-14/h4-5,7-10,12,16H,6,11H2,1-3H3/b20-10-/t12-,16?/m0/s1. The van der Waals surface area contributed by atoms with Crippen molar-refractivity contribution >= 4 is 68.3 Å². The van der Waals surface area contributed by atoms with E-state index >= 15 is 4.39 Å². The van der Waals surface area contributed by atoms with Crippen molar-refractivity contribution in [2.45, 2.75) is 38.3 Å². The summed E-state index contributed by atoms with van der Waals surface area (Å²) in [4.78, 5) is 25.4. The van der Waals surface area contributed by atoms with Crippen LogP contribution in [0.4, 0.5) is 26.3 Å². The molecule has 2 rings (SSSR count). The van der Waals surface area contributed by atoms with Gasteiger partial charge in [-0.05, 0) is 35.9 Å². The molecule has 0 heterocycles. The molecule has 0 aliphatic heterocycles. The smallest absolute Gasteiger partial charge is 0.336 e. The quantitative estimate of drug-likeness (QED) is 0.152. The van der Waals surface area contributed by atoms with Crippen LogP contribution >= 0.6 is 50.7 Å². The highest BCUT2D eigenvalue weighted by atomic mass is 79.9. The molecule has 13 heteroatoms. The van der Waals surface area contributed by atoms with Crippen molar-refractivity contribution in [1.29, 1.82) is 0 Å². The van der Waals surface area contributed by atoms with Crippen LogP contribution in [0.1, 0.15) is 47.7 Å². The SMILES string of the molecule is C[C@@H](CC(=O)c1ccc(/C(F)=C/C(c2cc(Cl)c(Cl)c(Cl)c2)C(C)(F)F)cc1Br)C(=O)N(C)CC(F)(F)F. The highest BCUT2D eigenvalue weighted by Crippen LogP contribution is 2.41. The lowest BCUT2D eigenvalue weighted by molar-refractivity contribution is -0.160. The molecule has 2 atom stereocenters. The summed E-state index contributed by atoms with van der Waals surface area (Å²) in [7, 11) is 0.982. The van der Waals surface area contributed by atoms with E-state index in [0.29, 0.717) is 17.9 Å². The molecule has 0 fully saturated rings. The third-order valence-corrected chi connectivity index (χ3v) is 7.33. The molecule has 1 unspecified atom stereocenters. The number of allylic oxidation sites excluding steroid dienone is 1. The largest absolute Gasteiger partial charge is 0.406 e. The van der Waals surface area contributed by atoms with Gasteiger partial charge in [-0.25, -0.2) is 13.2 Å². The summed E-state index contributed by atoms with van der Waals surface area (Å²) >= 11 is 20.9. The van der Waals surface area contributed by atoms with Gasteiger partial charge in [0.1, 0.15) is 12.4 Å². The maximum atomic E-state index is 15.1. The molecule has 208 valence electrons. The Kier molecular flexibility index (Phi) is 10.8. The molecule has 0 aliphatic carbocycles. The van der Waals surface area contributed by atoms with Crippen LogP contribution in [0.25, 0.3) is 5.83 Å². The summed E-state index contributed by atoms with van der Waals surface area (Å²) in [5, 5.41) is -0.202. The fourth-order valence-electron chi connectivity index (χ4n) is 3.62. The Morgan fingerprint density at radius 2 is 1.61 bits per heavy atom. The van der Waals surface area contributed by atoms with Gasteiger partial charge in [-0.15, -0.1) is 0 Å². The maximum Gasteiger partial charge on any atom is 0.406 e. The second kappa shape index (κ2) is 12.6. The summed E-state index contributed by atoms with van der Waals surface area (Å²) in [6.07, 6.45) is -4.30. The number of rotatable bonds is 9. The Hall–Kier alpha value is -1.75. The van der Waals surface area contributed by atoms with Crippen LogP contribution in [0.2, 0.25) is 15.1 Å². The summed E-state index contributed by atoms with van der Waals surface area (Å²) in [6, 6.07) is 5.91. The van der Waals surface area contributed by atoms with Gasteiger partial charge >= 0.3 is 6.18 Å². The van der Waals surface area contributed by atoms with Gasteiger partial charge in [0.05, 0.1) is 21.0 Å². The van der Waals surface area contributed by atoms with Crippen LogP contribution in [-0.2, 0) is 4.79 Å². The second-order valence-electron chi connectivity index (χ2n) is 8.78. The van der Waals surface area contributed by atoms with Crippen LogP contribution in [0.15, 0.2) is 40.9 Å². The molecule has 3 nitrogen and oxygen atoms in total. The van der Waals surface area contributed by atoms with Gasteiger partial charge in [-0.3, -0.25) is 9.59 Å². The molecule has 0 saturated carbocycles. The molecular weight excluding hydrogens is 647 g/mol. The molecule has 2 aromatic rings. The number of hydrogen-bond donors (Lipinski definition) is 0. The van der Waals surface area contributed by atoms with E-state index in [-0.39, 0.29) is 36.2 Å². The summed E-state index contributed by atoms with van der Waals surface area (Å²) in [5.41, 5.74) is -0.178. The Labute approximate surface area is 238 Å². The van der Waals surface area contributed by atoms with Crippen molar-refractivity contribution in [3.8, 4) is 0 Å². The lowest BCUT2D eigenvalue weighted by atomic mass is 9.91. The Morgan fingerprint density at radius 3 is 2.08 bits per heavy atom. The number of nitrogens with zero attached hydrogens (tertiary/aromatic N) is 1. The molecule has 0 aromatic heterocycles. The molecule has 0 bridgehead atoms. The predicted octanol–water partition coefficient (Wildman–Crippen LogP) is 9.39. The van der Waals surface area contributed by atoms with E-state index in [2.05, 4.69) is 15.9 Å². The fraction of sp³-hybridized carbons (Fsp3) is 0.360. The van der Waals surface area contributed by atoms with Crippen molar-refractivity contribution in [2.75, 3.05) is 13.6 Å². The van der Waals surface area contributed by atoms with E-state index in [1.54, 1.807) is 0 Å². The van der Waals surface area contributed by atoms with Gasteiger partial charge < -0.3 is 4.90 Å². The van der Waals surface area contributed by atoms with E-state index in [0.717, 1.165) is 19.2 Å². The highest BCUT2D eigenvalue weighted by molar-refractivity contribution is 9.10. The third-order valence-electron chi connectivity index (χ3n) is 5.48. The average Bonchev–Trinajstić information content (AvgIpc) is 2.77. The molecule has 1 amide bonds. The Balaban J connectivity index is 2.29. The van der Waals surface area contributed by atoms with Gasteiger partial charge in [-0.1, -0.05) is 63.7 Å². The number of amides is 1.